The van der Waals surface area contributed by atoms with E-state index in [-0.39, 0.29) is 23.7 Å². The van der Waals surface area contributed by atoms with Gasteiger partial charge in [-0.15, -0.1) is 0 Å². The van der Waals surface area contributed by atoms with Crippen LogP contribution in [-0.4, -0.2) is 11.6 Å². The van der Waals surface area contributed by atoms with Gasteiger partial charge >= 0.3 is 0 Å². The second-order valence-corrected chi connectivity index (χ2v) is 6.54. The Morgan fingerprint density at radius 3 is 1.55 bits per heavy atom. The zero-order valence-electron chi connectivity index (χ0n) is 12.5. The van der Waals surface area contributed by atoms with Gasteiger partial charge in [0.15, 0.2) is 0 Å². The summed E-state index contributed by atoms with van der Waals surface area (Å²) in [6, 6.07) is 0. The highest BCUT2D eigenvalue weighted by atomic mass is 16.1. The number of hydrogen-bond acceptors (Lipinski definition) is 2. The Balaban J connectivity index is 1.88. The smallest absolute Gasteiger partial charge is 0.141 e. The lowest BCUT2D eigenvalue weighted by molar-refractivity contribution is -0.147. The van der Waals surface area contributed by atoms with Crippen LogP contribution < -0.4 is 0 Å². The molecule has 0 aromatic heterocycles. The van der Waals surface area contributed by atoms with Crippen LogP contribution in [-0.2, 0) is 9.59 Å². The SMILES string of the molecule is CCC1=CC[C@H]2C(=O)[C@@H]3CC(CC)=CC[C@H]3C(=O)[C@H]2C1. The third-order valence-corrected chi connectivity index (χ3v) is 5.63. The Morgan fingerprint density at radius 1 is 0.800 bits per heavy atom. The molecule has 0 aromatic rings. The van der Waals surface area contributed by atoms with E-state index in [1.807, 2.05) is 0 Å². The van der Waals surface area contributed by atoms with Crippen LogP contribution >= 0.6 is 0 Å². The highest BCUT2D eigenvalue weighted by molar-refractivity contribution is 6.00. The molecular formula is C18H24O2. The summed E-state index contributed by atoms with van der Waals surface area (Å²) in [7, 11) is 0. The molecule has 4 atom stereocenters. The van der Waals surface area contributed by atoms with Gasteiger partial charge < -0.3 is 0 Å². The van der Waals surface area contributed by atoms with Crippen LogP contribution in [0.1, 0.15) is 52.4 Å². The minimum absolute atomic E-state index is 0.0136. The lowest BCUT2D eigenvalue weighted by Crippen LogP contribution is -2.49. The topological polar surface area (TPSA) is 34.1 Å². The molecule has 1 saturated carbocycles. The first kappa shape index (κ1) is 13.8. The fraction of sp³-hybridized carbons (Fsp3) is 0.667. The number of carbonyl (C=O) groups is 2. The number of Topliss-reactive ketones (excluding diaryl/α,β-unsaturated/α-hetero) is 2. The maximum absolute atomic E-state index is 12.8. The molecule has 0 amide bonds. The van der Waals surface area contributed by atoms with Gasteiger partial charge in [-0.25, -0.2) is 0 Å². The Labute approximate surface area is 121 Å². The van der Waals surface area contributed by atoms with Crippen LogP contribution in [0, 0.1) is 23.7 Å². The van der Waals surface area contributed by atoms with E-state index in [4.69, 9.17) is 0 Å². The summed E-state index contributed by atoms with van der Waals surface area (Å²) in [5, 5.41) is 0. The molecule has 0 spiro atoms. The minimum Gasteiger partial charge on any atom is -0.299 e. The van der Waals surface area contributed by atoms with E-state index < -0.39 is 0 Å². The number of ketones is 2. The van der Waals surface area contributed by atoms with Gasteiger partial charge in [0.2, 0.25) is 0 Å². The van der Waals surface area contributed by atoms with Gasteiger partial charge in [-0.05, 0) is 38.5 Å². The van der Waals surface area contributed by atoms with Crippen LogP contribution in [0.25, 0.3) is 0 Å². The van der Waals surface area contributed by atoms with Crippen LogP contribution in [0.4, 0.5) is 0 Å². The third-order valence-electron chi connectivity index (χ3n) is 5.63. The Hall–Kier alpha value is -1.18. The summed E-state index contributed by atoms with van der Waals surface area (Å²) in [6.45, 7) is 4.28. The van der Waals surface area contributed by atoms with Gasteiger partial charge in [-0.1, -0.05) is 37.1 Å². The molecule has 2 heteroatoms. The van der Waals surface area contributed by atoms with Crippen molar-refractivity contribution < 1.29 is 9.59 Å². The average Bonchev–Trinajstić information content (AvgIpc) is 2.51. The van der Waals surface area contributed by atoms with Crippen molar-refractivity contribution in [2.45, 2.75) is 52.4 Å². The second kappa shape index (κ2) is 5.31. The van der Waals surface area contributed by atoms with Gasteiger partial charge in [-0.3, -0.25) is 9.59 Å². The average molecular weight is 272 g/mol. The largest absolute Gasteiger partial charge is 0.299 e. The first-order valence-corrected chi connectivity index (χ1v) is 8.08. The van der Waals surface area contributed by atoms with Crippen molar-refractivity contribution in [2.75, 3.05) is 0 Å². The van der Waals surface area contributed by atoms with E-state index in [2.05, 4.69) is 26.0 Å². The van der Waals surface area contributed by atoms with Gasteiger partial charge in [0.05, 0.1) is 0 Å². The molecule has 0 bridgehead atoms. The van der Waals surface area contributed by atoms with Crippen LogP contribution in [0.3, 0.4) is 0 Å². The monoisotopic (exact) mass is 272 g/mol. The molecule has 108 valence electrons. The molecule has 0 aliphatic heterocycles. The molecule has 3 aliphatic rings. The second-order valence-electron chi connectivity index (χ2n) is 6.54. The van der Waals surface area contributed by atoms with Crippen molar-refractivity contribution in [3.05, 3.63) is 23.3 Å². The van der Waals surface area contributed by atoms with E-state index in [9.17, 15) is 9.59 Å². The summed E-state index contributed by atoms with van der Waals surface area (Å²) in [4.78, 5) is 25.6. The van der Waals surface area contributed by atoms with E-state index in [0.717, 1.165) is 38.5 Å². The molecule has 3 aliphatic carbocycles. The van der Waals surface area contributed by atoms with Crippen molar-refractivity contribution in [1.82, 2.24) is 0 Å². The molecule has 0 N–H and O–H groups in total. The summed E-state index contributed by atoms with van der Waals surface area (Å²) >= 11 is 0. The van der Waals surface area contributed by atoms with Crippen LogP contribution in [0.15, 0.2) is 23.3 Å². The van der Waals surface area contributed by atoms with Crippen molar-refractivity contribution >= 4 is 11.6 Å². The summed E-state index contributed by atoms with van der Waals surface area (Å²) in [6.07, 6.45) is 9.72. The zero-order chi connectivity index (χ0) is 14.3. The molecule has 0 radical (unpaired) electrons. The molecule has 0 saturated heterocycles. The summed E-state index contributed by atoms with van der Waals surface area (Å²) < 4.78 is 0. The molecule has 0 aromatic carbocycles. The van der Waals surface area contributed by atoms with Gasteiger partial charge in [0.1, 0.15) is 11.6 Å². The van der Waals surface area contributed by atoms with E-state index in [1.165, 1.54) is 11.1 Å². The fourth-order valence-electron chi connectivity index (χ4n) is 4.29. The maximum atomic E-state index is 12.8. The highest BCUT2D eigenvalue weighted by Gasteiger charge is 2.50. The molecule has 1 fully saturated rings. The minimum atomic E-state index is -0.0183. The number of carbonyl (C=O) groups excluding carboxylic acids is 2. The van der Waals surface area contributed by atoms with E-state index in [1.54, 1.807) is 0 Å². The predicted octanol–water partition coefficient (Wildman–Crippen LogP) is 3.86. The molecule has 0 unspecified atom stereocenters. The van der Waals surface area contributed by atoms with Crippen LogP contribution in [0.2, 0.25) is 0 Å². The standard InChI is InChI=1S/C18H24O2/c1-3-11-5-7-13-15(9-11)17(19)14-8-6-12(4-2)10-16(14)18(13)20/h5-6,13-16H,3-4,7-10H2,1-2H3/t13-,14-,15-,16+/m1/s1. The number of allylic oxidation sites excluding steroid dienone is 4. The molecule has 2 nitrogen and oxygen atoms in total. The number of rotatable bonds is 2. The van der Waals surface area contributed by atoms with Crippen LogP contribution in [0.5, 0.6) is 0 Å². The Morgan fingerprint density at radius 2 is 1.20 bits per heavy atom. The maximum Gasteiger partial charge on any atom is 0.141 e. The lowest BCUT2D eigenvalue weighted by Gasteiger charge is -2.42. The van der Waals surface area contributed by atoms with Crippen molar-refractivity contribution in [2.24, 2.45) is 23.7 Å². The number of fused-ring (bicyclic) bond motifs is 2. The van der Waals surface area contributed by atoms with E-state index >= 15 is 0 Å². The number of hydrogen-bond donors (Lipinski definition) is 0. The van der Waals surface area contributed by atoms with Gasteiger partial charge in [0.25, 0.3) is 0 Å². The zero-order valence-corrected chi connectivity index (χ0v) is 12.5. The molecule has 0 heterocycles. The van der Waals surface area contributed by atoms with E-state index in [0.29, 0.717) is 11.6 Å². The van der Waals surface area contributed by atoms with Crippen molar-refractivity contribution in [1.29, 1.82) is 0 Å². The highest BCUT2D eigenvalue weighted by Crippen LogP contribution is 2.46. The van der Waals surface area contributed by atoms with Crippen molar-refractivity contribution in [3.8, 4) is 0 Å². The predicted molar refractivity (Wildman–Crippen MR) is 79.2 cm³/mol. The first-order chi connectivity index (χ1) is 9.65. The lowest BCUT2D eigenvalue weighted by atomic mass is 9.59. The first-order valence-electron chi connectivity index (χ1n) is 8.08. The summed E-state index contributed by atoms with van der Waals surface area (Å²) in [5.74, 6) is 0.696. The quantitative estimate of drug-likeness (QED) is 0.715. The third kappa shape index (κ3) is 2.10. The normalized spacial score (nSPS) is 36.9. The Kier molecular flexibility index (Phi) is 3.66. The van der Waals surface area contributed by atoms with Gasteiger partial charge in [0, 0.05) is 23.7 Å². The molecular weight excluding hydrogens is 248 g/mol. The molecule has 3 rings (SSSR count). The van der Waals surface area contributed by atoms with Gasteiger partial charge in [-0.2, -0.15) is 0 Å². The Bertz CT molecular complexity index is 452. The van der Waals surface area contributed by atoms with Crippen molar-refractivity contribution in [3.63, 3.8) is 0 Å². The summed E-state index contributed by atoms with van der Waals surface area (Å²) in [5.41, 5.74) is 2.73. The molecule has 20 heavy (non-hydrogen) atoms. The fourth-order valence-corrected chi connectivity index (χ4v) is 4.29.